The fourth-order valence-corrected chi connectivity index (χ4v) is 1.18. The van der Waals surface area contributed by atoms with Crippen molar-refractivity contribution >= 4 is 37.0 Å². The summed E-state index contributed by atoms with van der Waals surface area (Å²) in [5.41, 5.74) is 0. The first-order valence-corrected chi connectivity index (χ1v) is 3.54. The van der Waals surface area contributed by atoms with Gasteiger partial charge in [0.2, 0.25) is 0 Å². The van der Waals surface area contributed by atoms with Gasteiger partial charge in [-0.05, 0) is 22.9 Å². The summed E-state index contributed by atoms with van der Waals surface area (Å²) in [5, 5.41) is 11.4. The summed E-state index contributed by atoms with van der Waals surface area (Å²) < 4.78 is 0. The molecule has 0 atom stereocenters. The monoisotopic (exact) mass is 353 g/mol. The first kappa shape index (κ1) is 9.47. The number of phenolic OH excluding ortho intramolecular Hbond substituents is 1. The largest absolute Gasteiger partial charge is 3.00 e. The van der Waals surface area contributed by atoms with Crippen molar-refractivity contribution in [3.05, 3.63) is 42.5 Å². The number of benzene rings is 2. The number of phenols is 1. The normalized spacial score (nSPS) is 9.33. The summed E-state index contributed by atoms with van der Waals surface area (Å²) in [6.45, 7) is 0. The molecule has 0 bridgehead atoms. The number of hydrogen-bond donors (Lipinski definition) is 1. The maximum atomic E-state index is 9.13. The van der Waals surface area contributed by atoms with Gasteiger partial charge in [0.25, 0.3) is 0 Å². The molecule has 2 radical (unpaired) electrons. The van der Waals surface area contributed by atoms with E-state index in [1.54, 1.807) is 12.1 Å². The maximum Gasteiger partial charge on any atom is 3.00 e. The van der Waals surface area contributed by atoms with E-state index in [0.717, 1.165) is 10.8 Å². The van der Waals surface area contributed by atoms with Crippen LogP contribution < -0.4 is 0 Å². The molecule has 0 saturated heterocycles. The van der Waals surface area contributed by atoms with Crippen molar-refractivity contribution in [1.29, 1.82) is 0 Å². The molecule has 1 N–H and O–H groups in total. The molecule has 0 unspecified atom stereocenters. The van der Waals surface area contributed by atoms with Crippen LogP contribution in [0.5, 0.6) is 5.75 Å². The second kappa shape index (κ2) is 3.86. The third-order valence-corrected chi connectivity index (χ3v) is 1.73. The van der Waals surface area contributed by atoms with Gasteiger partial charge in [-0.3, -0.25) is 0 Å². The molecule has 2 aromatic rings. The van der Waals surface area contributed by atoms with Gasteiger partial charge in [0.05, 0.1) is 0 Å². The van der Waals surface area contributed by atoms with Crippen molar-refractivity contribution < 1.29 is 5.11 Å². The number of hydrogen-bond acceptors (Lipinski definition) is 1. The molecule has 1 nitrogen and oxygen atoms in total. The third-order valence-electron chi connectivity index (χ3n) is 1.73. The van der Waals surface area contributed by atoms with Gasteiger partial charge in [-0.25, -0.2) is 0 Å². The smallest absolute Gasteiger partial charge is 0.508 e. The molecular formula is C10H8BiO+3. The van der Waals surface area contributed by atoms with Crippen LogP contribution in [-0.2, 0) is 0 Å². The van der Waals surface area contributed by atoms with Crippen molar-refractivity contribution in [3.63, 3.8) is 0 Å². The van der Waals surface area contributed by atoms with E-state index in [1.165, 1.54) is 0 Å². The van der Waals surface area contributed by atoms with Gasteiger partial charge in [0.1, 0.15) is 5.75 Å². The summed E-state index contributed by atoms with van der Waals surface area (Å²) in [7, 11) is 0. The Bertz CT molecular complexity index is 384. The van der Waals surface area contributed by atoms with E-state index in [-0.39, 0.29) is 26.2 Å². The molecule has 56 valence electrons. The zero-order valence-corrected chi connectivity index (χ0v) is 9.91. The standard InChI is InChI=1S/C10H8O.Bi/c11-10-6-5-8-3-1-2-4-9(8)7-10;/h1-7,11H;/q;+3. The molecule has 0 fully saturated rings. The van der Waals surface area contributed by atoms with Gasteiger partial charge >= 0.3 is 26.2 Å². The van der Waals surface area contributed by atoms with E-state index in [4.69, 9.17) is 5.11 Å². The van der Waals surface area contributed by atoms with Crippen molar-refractivity contribution in [1.82, 2.24) is 0 Å². The van der Waals surface area contributed by atoms with Crippen molar-refractivity contribution in [2.75, 3.05) is 0 Å². The Morgan fingerprint density at radius 2 is 1.50 bits per heavy atom. The van der Waals surface area contributed by atoms with E-state index in [0.29, 0.717) is 5.75 Å². The molecule has 0 aliphatic rings. The Kier molecular flexibility index (Phi) is 3.05. The summed E-state index contributed by atoms with van der Waals surface area (Å²) >= 11 is 0. The van der Waals surface area contributed by atoms with Gasteiger partial charge in [-0.1, -0.05) is 30.3 Å². The van der Waals surface area contributed by atoms with E-state index in [1.807, 2.05) is 30.3 Å². The Morgan fingerprint density at radius 1 is 0.833 bits per heavy atom. The molecule has 2 heteroatoms. The molecule has 2 rings (SSSR count). The minimum Gasteiger partial charge on any atom is -0.508 e. The van der Waals surface area contributed by atoms with Crippen LogP contribution in [0.25, 0.3) is 10.8 Å². The van der Waals surface area contributed by atoms with E-state index >= 15 is 0 Å². The SMILES string of the molecule is Oc1ccc2ccccc2c1.[Bi+3]. The Morgan fingerprint density at radius 3 is 2.25 bits per heavy atom. The maximum absolute atomic E-state index is 9.13. The predicted molar refractivity (Wildman–Crippen MR) is 51.4 cm³/mol. The summed E-state index contributed by atoms with van der Waals surface area (Å²) in [6, 6.07) is 13.3. The van der Waals surface area contributed by atoms with Crippen molar-refractivity contribution in [3.8, 4) is 5.75 Å². The van der Waals surface area contributed by atoms with E-state index < -0.39 is 0 Å². The molecule has 0 aromatic heterocycles. The van der Waals surface area contributed by atoms with Gasteiger partial charge in [0.15, 0.2) is 0 Å². The Labute approximate surface area is 90.2 Å². The average Bonchev–Trinajstić information content (AvgIpc) is 2.04. The first-order chi connectivity index (χ1) is 5.36. The predicted octanol–water partition coefficient (Wildman–Crippen LogP) is 2.16. The van der Waals surface area contributed by atoms with Crippen molar-refractivity contribution in [2.24, 2.45) is 0 Å². The fraction of sp³-hybridized carbons (Fsp3) is 0. The van der Waals surface area contributed by atoms with Gasteiger partial charge in [0, 0.05) is 0 Å². The molecular weight excluding hydrogens is 345 g/mol. The molecule has 0 heterocycles. The van der Waals surface area contributed by atoms with Crippen LogP contribution in [0.2, 0.25) is 0 Å². The van der Waals surface area contributed by atoms with Crippen LogP contribution in [0.15, 0.2) is 42.5 Å². The van der Waals surface area contributed by atoms with Crippen LogP contribution in [0, 0.1) is 0 Å². The Balaban J connectivity index is 0.000000720. The third kappa shape index (κ3) is 1.76. The van der Waals surface area contributed by atoms with Crippen LogP contribution in [0.3, 0.4) is 0 Å². The van der Waals surface area contributed by atoms with Gasteiger partial charge in [-0.15, -0.1) is 0 Å². The molecule has 0 aliphatic carbocycles. The van der Waals surface area contributed by atoms with Crippen LogP contribution in [-0.4, -0.2) is 31.3 Å². The second-order valence-electron chi connectivity index (χ2n) is 2.53. The van der Waals surface area contributed by atoms with Crippen molar-refractivity contribution in [2.45, 2.75) is 0 Å². The fourth-order valence-electron chi connectivity index (χ4n) is 1.18. The zero-order valence-electron chi connectivity index (χ0n) is 6.44. The summed E-state index contributed by atoms with van der Waals surface area (Å²) in [5.74, 6) is 0.323. The van der Waals surface area contributed by atoms with Crippen LogP contribution in [0.1, 0.15) is 0 Å². The number of rotatable bonds is 0. The van der Waals surface area contributed by atoms with E-state index in [9.17, 15) is 0 Å². The quantitative estimate of drug-likeness (QED) is 0.720. The molecule has 2 aromatic carbocycles. The zero-order chi connectivity index (χ0) is 7.68. The summed E-state index contributed by atoms with van der Waals surface area (Å²) in [4.78, 5) is 0. The van der Waals surface area contributed by atoms with Gasteiger partial charge < -0.3 is 5.11 Å². The topological polar surface area (TPSA) is 20.2 Å². The first-order valence-electron chi connectivity index (χ1n) is 3.54. The van der Waals surface area contributed by atoms with Crippen LogP contribution in [0.4, 0.5) is 0 Å². The molecule has 0 amide bonds. The van der Waals surface area contributed by atoms with E-state index in [2.05, 4.69) is 0 Å². The van der Waals surface area contributed by atoms with Crippen LogP contribution >= 0.6 is 0 Å². The number of fused-ring (bicyclic) bond motifs is 1. The minimum atomic E-state index is 0. The number of aromatic hydroxyl groups is 1. The minimum absolute atomic E-state index is 0. The average molecular weight is 353 g/mol. The molecule has 0 aliphatic heterocycles. The molecule has 0 spiro atoms. The Hall–Kier alpha value is -0.617. The van der Waals surface area contributed by atoms with Gasteiger partial charge in [-0.2, -0.15) is 0 Å². The molecule has 0 saturated carbocycles. The molecule has 12 heavy (non-hydrogen) atoms. The second-order valence-corrected chi connectivity index (χ2v) is 2.53. The summed E-state index contributed by atoms with van der Waals surface area (Å²) in [6.07, 6.45) is 0.